The molecule has 4 rings (SSSR count). The Hall–Kier alpha value is -2.68. The average molecular weight is 308 g/mol. The molecule has 1 aliphatic heterocycles. The van der Waals surface area contributed by atoms with Crippen LogP contribution in [-0.4, -0.2) is 28.8 Å². The third-order valence-electron chi connectivity index (χ3n) is 5.18. The summed E-state index contributed by atoms with van der Waals surface area (Å²) < 4.78 is 0. The molecule has 0 atom stereocenters. The van der Waals surface area contributed by atoms with Crippen molar-refractivity contribution in [3.63, 3.8) is 0 Å². The summed E-state index contributed by atoms with van der Waals surface area (Å²) in [4.78, 5) is 32.4. The minimum absolute atomic E-state index is 0.157. The zero-order chi connectivity index (χ0) is 16.0. The first-order valence-corrected chi connectivity index (χ1v) is 7.79. The molecule has 0 bridgehead atoms. The van der Waals surface area contributed by atoms with Gasteiger partial charge in [-0.1, -0.05) is 0 Å². The summed E-state index contributed by atoms with van der Waals surface area (Å²) in [5, 5.41) is 10.3. The summed E-state index contributed by atoms with van der Waals surface area (Å²) >= 11 is 0. The molecule has 6 heteroatoms. The van der Waals surface area contributed by atoms with E-state index in [2.05, 4.69) is 14.9 Å². The van der Waals surface area contributed by atoms with E-state index in [0.29, 0.717) is 29.8 Å². The van der Waals surface area contributed by atoms with Gasteiger partial charge in [-0.2, -0.15) is 5.26 Å². The van der Waals surface area contributed by atoms with Crippen LogP contribution in [0.5, 0.6) is 0 Å². The molecule has 1 spiro atoms. The first-order valence-electron chi connectivity index (χ1n) is 7.79. The summed E-state index contributed by atoms with van der Waals surface area (Å²) in [5.74, 6) is 0.351. The molecule has 0 unspecified atom stereocenters. The number of rotatable bonds is 1. The number of nitrogens with zero attached hydrogens (tertiary/aromatic N) is 3. The molecule has 0 aromatic carbocycles. The lowest BCUT2D eigenvalue weighted by Crippen LogP contribution is -2.47. The van der Waals surface area contributed by atoms with Crippen molar-refractivity contribution < 1.29 is 4.79 Å². The SMILES string of the molecule is N#Cc1c(N2CCC3(CC2)CC(=O)C3)c2ccncc2[nH]c1=O. The lowest BCUT2D eigenvalue weighted by atomic mass is 9.62. The monoisotopic (exact) mass is 308 g/mol. The van der Waals surface area contributed by atoms with Crippen molar-refractivity contribution in [2.45, 2.75) is 25.7 Å². The maximum absolute atomic E-state index is 12.2. The van der Waals surface area contributed by atoms with Crippen LogP contribution in [0, 0.1) is 16.7 Å². The molecule has 116 valence electrons. The van der Waals surface area contributed by atoms with Gasteiger partial charge in [0, 0.05) is 37.5 Å². The number of piperidine rings is 1. The Morgan fingerprint density at radius 1 is 1.26 bits per heavy atom. The first kappa shape index (κ1) is 13.9. The second-order valence-corrected chi connectivity index (χ2v) is 6.59. The van der Waals surface area contributed by atoms with Crippen molar-refractivity contribution in [1.82, 2.24) is 9.97 Å². The van der Waals surface area contributed by atoms with Gasteiger partial charge < -0.3 is 9.88 Å². The first-order chi connectivity index (χ1) is 11.1. The number of H-pyrrole nitrogens is 1. The molecule has 6 nitrogen and oxygen atoms in total. The van der Waals surface area contributed by atoms with E-state index < -0.39 is 0 Å². The summed E-state index contributed by atoms with van der Waals surface area (Å²) in [6.07, 6.45) is 6.52. The van der Waals surface area contributed by atoms with E-state index in [1.54, 1.807) is 12.4 Å². The highest BCUT2D eigenvalue weighted by Crippen LogP contribution is 2.47. The Morgan fingerprint density at radius 2 is 2.00 bits per heavy atom. The average Bonchev–Trinajstić information content (AvgIpc) is 2.53. The number of hydrogen-bond acceptors (Lipinski definition) is 5. The van der Waals surface area contributed by atoms with Gasteiger partial charge in [-0.05, 0) is 24.3 Å². The van der Waals surface area contributed by atoms with Gasteiger partial charge in [-0.25, -0.2) is 0 Å². The van der Waals surface area contributed by atoms with Gasteiger partial charge >= 0.3 is 0 Å². The van der Waals surface area contributed by atoms with Crippen LogP contribution in [0.25, 0.3) is 10.9 Å². The van der Waals surface area contributed by atoms with Crippen LogP contribution in [-0.2, 0) is 4.79 Å². The number of carbonyl (C=O) groups excluding carboxylic acids is 1. The minimum Gasteiger partial charge on any atom is -0.370 e. The Balaban J connectivity index is 1.76. The van der Waals surface area contributed by atoms with Crippen LogP contribution >= 0.6 is 0 Å². The molecule has 1 N–H and O–H groups in total. The van der Waals surface area contributed by atoms with Gasteiger partial charge in [-0.15, -0.1) is 0 Å². The van der Waals surface area contributed by atoms with E-state index in [4.69, 9.17) is 0 Å². The topological polar surface area (TPSA) is 89.8 Å². The second-order valence-electron chi connectivity index (χ2n) is 6.59. The second kappa shape index (κ2) is 4.92. The number of fused-ring (bicyclic) bond motifs is 1. The molecule has 23 heavy (non-hydrogen) atoms. The van der Waals surface area contributed by atoms with E-state index in [1.807, 2.05) is 12.1 Å². The highest BCUT2D eigenvalue weighted by molar-refractivity contribution is 5.94. The van der Waals surface area contributed by atoms with Gasteiger partial charge in [0.05, 0.1) is 17.4 Å². The largest absolute Gasteiger partial charge is 0.370 e. The minimum atomic E-state index is -0.373. The number of hydrogen-bond donors (Lipinski definition) is 1. The number of aromatic amines is 1. The van der Waals surface area contributed by atoms with E-state index >= 15 is 0 Å². The van der Waals surface area contributed by atoms with E-state index in [1.165, 1.54) is 0 Å². The number of ketones is 1. The third kappa shape index (κ3) is 2.12. The van der Waals surface area contributed by atoms with Crippen molar-refractivity contribution in [3.8, 4) is 6.07 Å². The van der Waals surface area contributed by atoms with Gasteiger partial charge in [0.2, 0.25) is 0 Å². The normalized spacial score (nSPS) is 19.6. The zero-order valence-electron chi connectivity index (χ0n) is 12.6. The molecular weight excluding hydrogens is 292 g/mol. The summed E-state index contributed by atoms with van der Waals surface area (Å²) in [6.45, 7) is 1.53. The molecule has 2 aliphatic rings. The predicted molar refractivity (Wildman–Crippen MR) is 85.2 cm³/mol. The number of aromatic nitrogens is 2. The highest BCUT2D eigenvalue weighted by Gasteiger charge is 2.45. The number of Topliss-reactive ketones (excluding diaryl/α,β-unsaturated/α-hetero) is 1. The molecule has 3 heterocycles. The molecular formula is C17H16N4O2. The molecule has 1 saturated heterocycles. The van der Waals surface area contributed by atoms with Crippen LogP contribution in [0.3, 0.4) is 0 Å². The summed E-state index contributed by atoms with van der Waals surface area (Å²) in [5.41, 5.74) is 1.30. The molecule has 0 radical (unpaired) electrons. The van der Waals surface area contributed by atoms with Crippen molar-refractivity contribution in [1.29, 1.82) is 5.26 Å². The van der Waals surface area contributed by atoms with Crippen molar-refractivity contribution in [2.75, 3.05) is 18.0 Å². The zero-order valence-corrected chi connectivity index (χ0v) is 12.6. The maximum Gasteiger partial charge on any atom is 0.268 e. The van der Waals surface area contributed by atoms with Crippen molar-refractivity contribution in [2.24, 2.45) is 5.41 Å². The number of nitrogens with one attached hydrogen (secondary N) is 1. The van der Waals surface area contributed by atoms with Gasteiger partial charge in [-0.3, -0.25) is 14.6 Å². The molecule has 1 aliphatic carbocycles. The Bertz CT molecular complexity index is 891. The molecule has 2 aromatic rings. The lowest BCUT2D eigenvalue weighted by molar-refractivity contribution is -0.133. The van der Waals surface area contributed by atoms with Crippen LogP contribution in [0.1, 0.15) is 31.2 Å². The van der Waals surface area contributed by atoms with Crippen LogP contribution in [0.15, 0.2) is 23.3 Å². The van der Waals surface area contributed by atoms with E-state index in [9.17, 15) is 14.9 Å². The summed E-state index contributed by atoms with van der Waals surface area (Å²) in [7, 11) is 0. The quantitative estimate of drug-likeness (QED) is 0.866. The van der Waals surface area contributed by atoms with Crippen LogP contribution < -0.4 is 10.5 Å². The fourth-order valence-corrected chi connectivity index (χ4v) is 3.90. The van der Waals surface area contributed by atoms with E-state index in [0.717, 1.165) is 31.3 Å². The molecule has 2 fully saturated rings. The fraction of sp³-hybridized carbons (Fsp3) is 0.412. The lowest BCUT2D eigenvalue weighted by Gasteiger charge is -2.47. The Kier molecular flexibility index (Phi) is 2.98. The molecule has 0 amide bonds. The van der Waals surface area contributed by atoms with Crippen molar-refractivity contribution >= 4 is 22.4 Å². The number of nitriles is 1. The molecule has 1 saturated carbocycles. The number of pyridine rings is 2. The van der Waals surface area contributed by atoms with Gasteiger partial charge in [0.25, 0.3) is 5.56 Å². The van der Waals surface area contributed by atoms with E-state index in [-0.39, 0.29) is 16.5 Å². The predicted octanol–water partition coefficient (Wildman–Crippen LogP) is 1.74. The third-order valence-corrected chi connectivity index (χ3v) is 5.18. The Morgan fingerprint density at radius 3 is 2.65 bits per heavy atom. The van der Waals surface area contributed by atoms with Crippen LogP contribution in [0.2, 0.25) is 0 Å². The molecule has 2 aromatic heterocycles. The van der Waals surface area contributed by atoms with Gasteiger partial charge in [0.15, 0.2) is 0 Å². The Labute approximate surface area is 132 Å². The van der Waals surface area contributed by atoms with Crippen molar-refractivity contribution in [3.05, 3.63) is 34.4 Å². The number of anilines is 1. The number of carbonyl (C=O) groups is 1. The van der Waals surface area contributed by atoms with Gasteiger partial charge in [0.1, 0.15) is 17.4 Å². The smallest absolute Gasteiger partial charge is 0.268 e. The van der Waals surface area contributed by atoms with Crippen LogP contribution in [0.4, 0.5) is 5.69 Å². The highest BCUT2D eigenvalue weighted by atomic mass is 16.1. The standard InChI is InChI=1S/C17H16N4O2/c18-9-13-15(12-1-4-19-10-14(12)20-16(13)23)21-5-2-17(3-6-21)7-11(22)8-17/h1,4,10H,2-3,5-8H2,(H,20,23). The fourth-order valence-electron chi connectivity index (χ4n) is 3.90. The summed E-state index contributed by atoms with van der Waals surface area (Å²) in [6, 6.07) is 3.88. The maximum atomic E-state index is 12.2.